The van der Waals surface area contributed by atoms with Gasteiger partial charge < -0.3 is 16.2 Å². The van der Waals surface area contributed by atoms with Gasteiger partial charge in [-0.2, -0.15) is 4.98 Å². The summed E-state index contributed by atoms with van der Waals surface area (Å²) in [5.74, 6) is 1.50. The standard InChI is InChI=1S/C13H15N3O/c1-8-3-5-11(9(2)7-8)17-12-6-4-10(14)13(15)16-12/h3-7H,14H2,1-2H3,(H2,15,16). The Hall–Kier alpha value is -2.23. The second-order valence-corrected chi connectivity index (χ2v) is 3.99. The fraction of sp³-hybridized carbons (Fsp3) is 0.154. The van der Waals surface area contributed by atoms with Gasteiger partial charge in [-0.1, -0.05) is 17.7 Å². The lowest BCUT2D eigenvalue weighted by Gasteiger charge is -2.09. The van der Waals surface area contributed by atoms with E-state index in [9.17, 15) is 0 Å². The molecule has 0 fully saturated rings. The first-order valence-corrected chi connectivity index (χ1v) is 5.33. The molecule has 1 heterocycles. The minimum Gasteiger partial charge on any atom is -0.439 e. The van der Waals surface area contributed by atoms with Crippen LogP contribution in [0.1, 0.15) is 11.1 Å². The number of benzene rings is 1. The second kappa shape index (κ2) is 4.33. The molecule has 0 aliphatic heterocycles. The smallest absolute Gasteiger partial charge is 0.221 e. The third-order valence-corrected chi connectivity index (χ3v) is 2.48. The van der Waals surface area contributed by atoms with E-state index in [1.807, 2.05) is 26.0 Å². The molecule has 0 radical (unpaired) electrons. The summed E-state index contributed by atoms with van der Waals surface area (Å²) >= 11 is 0. The normalized spacial score (nSPS) is 10.2. The van der Waals surface area contributed by atoms with Crippen molar-refractivity contribution in [1.29, 1.82) is 0 Å². The molecule has 0 unspecified atom stereocenters. The van der Waals surface area contributed by atoms with Crippen molar-refractivity contribution in [3.63, 3.8) is 0 Å². The van der Waals surface area contributed by atoms with Gasteiger partial charge in [-0.05, 0) is 31.5 Å². The molecule has 1 aromatic carbocycles. The first kappa shape index (κ1) is 11.3. The van der Waals surface area contributed by atoms with E-state index in [1.165, 1.54) is 5.56 Å². The van der Waals surface area contributed by atoms with Crippen LogP contribution >= 0.6 is 0 Å². The quantitative estimate of drug-likeness (QED) is 0.830. The topological polar surface area (TPSA) is 74.2 Å². The van der Waals surface area contributed by atoms with Crippen molar-refractivity contribution in [2.75, 3.05) is 11.5 Å². The second-order valence-electron chi connectivity index (χ2n) is 3.99. The van der Waals surface area contributed by atoms with Gasteiger partial charge >= 0.3 is 0 Å². The van der Waals surface area contributed by atoms with Crippen LogP contribution in [0.25, 0.3) is 0 Å². The number of pyridine rings is 1. The molecule has 17 heavy (non-hydrogen) atoms. The highest BCUT2D eigenvalue weighted by Crippen LogP contribution is 2.26. The van der Waals surface area contributed by atoms with Crippen LogP contribution in [0.3, 0.4) is 0 Å². The summed E-state index contributed by atoms with van der Waals surface area (Å²) in [6.07, 6.45) is 0. The maximum Gasteiger partial charge on any atom is 0.221 e. The van der Waals surface area contributed by atoms with Crippen molar-refractivity contribution in [3.05, 3.63) is 41.5 Å². The van der Waals surface area contributed by atoms with Crippen LogP contribution in [0.4, 0.5) is 11.5 Å². The van der Waals surface area contributed by atoms with Crippen LogP contribution in [0.5, 0.6) is 11.6 Å². The van der Waals surface area contributed by atoms with Crippen molar-refractivity contribution in [2.45, 2.75) is 13.8 Å². The Kier molecular flexibility index (Phi) is 2.87. The van der Waals surface area contributed by atoms with Crippen molar-refractivity contribution in [3.8, 4) is 11.6 Å². The lowest BCUT2D eigenvalue weighted by molar-refractivity contribution is 0.460. The zero-order chi connectivity index (χ0) is 12.4. The van der Waals surface area contributed by atoms with Crippen molar-refractivity contribution >= 4 is 11.5 Å². The summed E-state index contributed by atoms with van der Waals surface area (Å²) in [7, 11) is 0. The molecule has 1 aromatic heterocycles. The van der Waals surface area contributed by atoms with Gasteiger partial charge in [0, 0.05) is 6.07 Å². The number of hydrogen-bond acceptors (Lipinski definition) is 4. The van der Waals surface area contributed by atoms with Gasteiger partial charge in [0.1, 0.15) is 5.75 Å². The van der Waals surface area contributed by atoms with E-state index >= 15 is 0 Å². The van der Waals surface area contributed by atoms with Gasteiger partial charge in [0.25, 0.3) is 0 Å². The Morgan fingerprint density at radius 3 is 2.47 bits per heavy atom. The third-order valence-electron chi connectivity index (χ3n) is 2.48. The molecular weight excluding hydrogens is 214 g/mol. The molecular formula is C13H15N3O. The molecule has 4 nitrogen and oxygen atoms in total. The predicted octanol–water partition coefficient (Wildman–Crippen LogP) is 2.66. The van der Waals surface area contributed by atoms with Crippen molar-refractivity contribution in [2.24, 2.45) is 0 Å². The molecule has 0 amide bonds. The number of nitrogen functional groups attached to an aromatic ring is 2. The van der Waals surface area contributed by atoms with Gasteiger partial charge in [0.15, 0.2) is 5.82 Å². The maximum atomic E-state index is 5.65. The Balaban J connectivity index is 2.28. The van der Waals surface area contributed by atoms with Gasteiger partial charge in [0.2, 0.25) is 5.88 Å². The van der Waals surface area contributed by atoms with Crippen molar-refractivity contribution in [1.82, 2.24) is 4.98 Å². The number of aryl methyl sites for hydroxylation is 2. The molecule has 2 rings (SSSR count). The van der Waals surface area contributed by atoms with Crippen molar-refractivity contribution < 1.29 is 4.74 Å². The number of nitrogens with zero attached hydrogens (tertiary/aromatic N) is 1. The zero-order valence-electron chi connectivity index (χ0n) is 9.90. The molecule has 88 valence electrons. The highest BCUT2D eigenvalue weighted by molar-refractivity contribution is 5.59. The van der Waals surface area contributed by atoms with E-state index in [0.717, 1.165) is 11.3 Å². The fourth-order valence-electron chi connectivity index (χ4n) is 1.55. The van der Waals surface area contributed by atoms with Crippen LogP contribution in [-0.4, -0.2) is 4.98 Å². The minimum absolute atomic E-state index is 0.285. The number of hydrogen-bond donors (Lipinski definition) is 2. The monoisotopic (exact) mass is 229 g/mol. The lowest BCUT2D eigenvalue weighted by Crippen LogP contribution is -1.99. The van der Waals surface area contributed by atoms with Gasteiger partial charge in [-0.15, -0.1) is 0 Å². The SMILES string of the molecule is Cc1ccc(Oc2ccc(N)c(N)n2)c(C)c1. The highest BCUT2D eigenvalue weighted by Gasteiger charge is 2.04. The number of aromatic nitrogens is 1. The summed E-state index contributed by atoms with van der Waals surface area (Å²) in [4.78, 5) is 4.06. The van der Waals surface area contributed by atoms with E-state index in [0.29, 0.717) is 11.6 Å². The third kappa shape index (κ3) is 2.47. The Bertz CT molecular complexity index is 552. The first-order valence-electron chi connectivity index (χ1n) is 5.33. The number of nitrogens with two attached hydrogens (primary N) is 2. The molecule has 0 aliphatic carbocycles. The van der Waals surface area contributed by atoms with E-state index in [2.05, 4.69) is 11.1 Å². The Morgan fingerprint density at radius 1 is 1.06 bits per heavy atom. The van der Waals surface area contributed by atoms with Crippen LogP contribution in [0, 0.1) is 13.8 Å². The Labute approximate surface area is 100 Å². The highest BCUT2D eigenvalue weighted by atomic mass is 16.5. The summed E-state index contributed by atoms with van der Waals surface area (Å²) < 4.78 is 5.65. The van der Waals surface area contributed by atoms with E-state index < -0.39 is 0 Å². The van der Waals surface area contributed by atoms with Gasteiger partial charge in [0.05, 0.1) is 5.69 Å². The molecule has 0 aliphatic rings. The van der Waals surface area contributed by atoms with Crippen LogP contribution in [0.15, 0.2) is 30.3 Å². The Morgan fingerprint density at radius 2 is 1.82 bits per heavy atom. The molecule has 0 saturated heterocycles. The van der Waals surface area contributed by atoms with Crippen LogP contribution in [-0.2, 0) is 0 Å². The summed E-state index contributed by atoms with van der Waals surface area (Å²) in [5.41, 5.74) is 13.9. The lowest BCUT2D eigenvalue weighted by atomic mass is 10.1. The largest absolute Gasteiger partial charge is 0.439 e. The minimum atomic E-state index is 0.285. The summed E-state index contributed by atoms with van der Waals surface area (Å²) in [6, 6.07) is 9.34. The van der Waals surface area contributed by atoms with E-state index in [-0.39, 0.29) is 5.82 Å². The van der Waals surface area contributed by atoms with E-state index in [1.54, 1.807) is 12.1 Å². The molecule has 0 bridgehead atoms. The maximum absolute atomic E-state index is 5.65. The van der Waals surface area contributed by atoms with Gasteiger partial charge in [-0.3, -0.25) is 0 Å². The molecule has 4 heteroatoms. The molecule has 0 atom stereocenters. The number of ether oxygens (including phenoxy) is 1. The molecule has 4 N–H and O–H groups in total. The predicted molar refractivity (Wildman–Crippen MR) is 69.1 cm³/mol. The molecule has 0 spiro atoms. The summed E-state index contributed by atoms with van der Waals surface area (Å²) in [6.45, 7) is 4.03. The van der Waals surface area contributed by atoms with Gasteiger partial charge in [-0.25, -0.2) is 0 Å². The summed E-state index contributed by atoms with van der Waals surface area (Å²) in [5, 5.41) is 0. The fourth-order valence-corrected chi connectivity index (χ4v) is 1.55. The molecule has 0 saturated carbocycles. The number of anilines is 2. The average Bonchev–Trinajstić information content (AvgIpc) is 2.27. The van der Waals surface area contributed by atoms with E-state index in [4.69, 9.17) is 16.2 Å². The van der Waals surface area contributed by atoms with Crippen LogP contribution < -0.4 is 16.2 Å². The zero-order valence-corrected chi connectivity index (χ0v) is 9.90. The average molecular weight is 229 g/mol. The first-order chi connectivity index (χ1) is 8.06. The number of rotatable bonds is 2. The van der Waals surface area contributed by atoms with Crippen LogP contribution in [0.2, 0.25) is 0 Å². The molecule has 2 aromatic rings.